The van der Waals surface area contributed by atoms with Gasteiger partial charge in [0.05, 0.1) is 0 Å². The molecule has 1 aliphatic carbocycles. The first-order valence-electron chi connectivity index (χ1n) is 4.83. The Hall–Kier alpha value is -1.05. The third-order valence-corrected chi connectivity index (χ3v) is 3.04. The highest BCUT2D eigenvalue weighted by Gasteiger charge is 2.19. The molecular formula is C12H20O2. The highest BCUT2D eigenvalue weighted by Crippen LogP contribution is 2.35. The molecule has 1 aliphatic rings. The normalized spacial score (nSPS) is 17.0. The highest BCUT2D eigenvalue weighted by atomic mass is 16.4. The number of carboxylic acid groups (broad SMARTS) is 1. The van der Waals surface area contributed by atoms with Crippen molar-refractivity contribution in [3.8, 4) is 0 Å². The lowest BCUT2D eigenvalue weighted by molar-refractivity contribution is -0.134. The minimum atomic E-state index is -0.833. The average molecular weight is 196 g/mol. The molecule has 0 unspecified atom stereocenters. The Morgan fingerprint density at radius 1 is 1.07 bits per heavy atom. The predicted octanol–water partition coefficient (Wildman–Crippen LogP) is 3.40. The van der Waals surface area contributed by atoms with E-state index in [2.05, 4.69) is 34.6 Å². The van der Waals surface area contributed by atoms with Crippen LogP contribution in [-0.2, 0) is 4.79 Å². The molecule has 2 nitrogen and oxygen atoms in total. The van der Waals surface area contributed by atoms with Gasteiger partial charge in [0.25, 0.3) is 5.97 Å². The SMILES string of the molecule is CC(=O)O.CC1=C(C)C(C)C(C)=C1C. The standard InChI is InChI=1S/C10H16.C2H4O2/c1-6-7(2)9(4)10(5)8(6)3;1-2(3)4/h6H,1-5H3;1H3,(H,3,4). The summed E-state index contributed by atoms with van der Waals surface area (Å²) in [6.45, 7) is 12.3. The van der Waals surface area contributed by atoms with Gasteiger partial charge in [0, 0.05) is 6.92 Å². The van der Waals surface area contributed by atoms with Crippen LogP contribution in [0.5, 0.6) is 0 Å². The Balaban J connectivity index is 0.000000364. The number of allylic oxidation sites excluding steroid dienone is 4. The number of aliphatic carboxylic acids is 1. The zero-order valence-electron chi connectivity index (χ0n) is 9.93. The van der Waals surface area contributed by atoms with E-state index in [1.54, 1.807) is 11.1 Å². The first-order valence-corrected chi connectivity index (χ1v) is 4.83. The second kappa shape index (κ2) is 4.99. The molecule has 0 amide bonds. The van der Waals surface area contributed by atoms with E-state index in [1.807, 2.05) is 0 Å². The molecule has 80 valence electrons. The summed E-state index contributed by atoms with van der Waals surface area (Å²) < 4.78 is 0. The Morgan fingerprint density at radius 2 is 1.29 bits per heavy atom. The van der Waals surface area contributed by atoms with E-state index in [9.17, 15) is 0 Å². The summed E-state index contributed by atoms with van der Waals surface area (Å²) in [6, 6.07) is 0. The van der Waals surface area contributed by atoms with E-state index >= 15 is 0 Å². The van der Waals surface area contributed by atoms with Gasteiger partial charge in [0.15, 0.2) is 0 Å². The van der Waals surface area contributed by atoms with E-state index in [0.717, 1.165) is 6.92 Å². The monoisotopic (exact) mass is 196 g/mol. The molecule has 0 saturated carbocycles. The molecule has 0 fully saturated rings. The lowest BCUT2D eigenvalue weighted by Crippen LogP contribution is -1.92. The summed E-state index contributed by atoms with van der Waals surface area (Å²) >= 11 is 0. The van der Waals surface area contributed by atoms with E-state index in [4.69, 9.17) is 9.90 Å². The van der Waals surface area contributed by atoms with Gasteiger partial charge >= 0.3 is 0 Å². The second-order valence-electron chi connectivity index (χ2n) is 3.86. The number of hydrogen-bond donors (Lipinski definition) is 1. The fourth-order valence-corrected chi connectivity index (χ4v) is 1.57. The minimum absolute atomic E-state index is 0.694. The van der Waals surface area contributed by atoms with Crippen LogP contribution < -0.4 is 0 Å². The maximum atomic E-state index is 9.00. The van der Waals surface area contributed by atoms with Crippen LogP contribution in [0.4, 0.5) is 0 Å². The van der Waals surface area contributed by atoms with Gasteiger partial charge in [-0.1, -0.05) is 18.1 Å². The molecule has 2 heteroatoms. The van der Waals surface area contributed by atoms with Crippen LogP contribution in [-0.4, -0.2) is 11.1 Å². The Bertz CT molecular complexity index is 267. The molecule has 0 aromatic heterocycles. The quantitative estimate of drug-likeness (QED) is 0.644. The lowest BCUT2D eigenvalue weighted by Gasteiger charge is -2.05. The largest absolute Gasteiger partial charge is 0.481 e. The van der Waals surface area contributed by atoms with Gasteiger partial charge < -0.3 is 5.11 Å². The second-order valence-corrected chi connectivity index (χ2v) is 3.86. The summed E-state index contributed by atoms with van der Waals surface area (Å²) in [5, 5.41) is 7.42. The average Bonchev–Trinajstić information content (AvgIpc) is 2.23. The van der Waals surface area contributed by atoms with Gasteiger partial charge in [-0.2, -0.15) is 0 Å². The van der Waals surface area contributed by atoms with E-state index in [1.165, 1.54) is 11.1 Å². The van der Waals surface area contributed by atoms with Crippen molar-refractivity contribution in [2.75, 3.05) is 0 Å². The number of carbonyl (C=O) groups is 1. The van der Waals surface area contributed by atoms with Crippen molar-refractivity contribution in [2.45, 2.75) is 41.5 Å². The Labute approximate surface area is 86.3 Å². The van der Waals surface area contributed by atoms with Crippen molar-refractivity contribution in [2.24, 2.45) is 5.92 Å². The van der Waals surface area contributed by atoms with Crippen molar-refractivity contribution in [1.82, 2.24) is 0 Å². The van der Waals surface area contributed by atoms with Gasteiger partial charge in [-0.15, -0.1) is 0 Å². The Kier molecular flexibility index (Phi) is 4.61. The molecule has 0 bridgehead atoms. The lowest BCUT2D eigenvalue weighted by atomic mass is 10.00. The molecule has 0 saturated heterocycles. The van der Waals surface area contributed by atoms with Gasteiger partial charge in [-0.05, 0) is 44.8 Å². The molecule has 1 N–H and O–H groups in total. The fourth-order valence-electron chi connectivity index (χ4n) is 1.57. The zero-order valence-corrected chi connectivity index (χ0v) is 9.93. The summed E-state index contributed by atoms with van der Waals surface area (Å²) in [5.74, 6) is -0.139. The van der Waals surface area contributed by atoms with Crippen LogP contribution in [0.15, 0.2) is 22.3 Å². The maximum Gasteiger partial charge on any atom is 0.300 e. The topological polar surface area (TPSA) is 37.3 Å². The molecular weight excluding hydrogens is 176 g/mol. The van der Waals surface area contributed by atoms with E-state index < -0.39 is 5.97 Å². The molecule has 0 aromatic carbocycles. The van der Waals surface area contributed by atoms with Crippen LogP contribution in [0.3, 0.4) is 0 Å². The van der Waals surface area contributed by atoms with E-state index in [-0.39, 0.29) is 0 Å². The molecule has 0 radical (unpaired) electrons. The van der Waals surface area contributed by atoms with Gasteiger partial charge in [0.2, 0.25) is 0 Å². The Morgan fingerprint density at radius 3 is 1.36 bits per heavy atom. The van der Waals surface area contributed by atoms with E-state index in [0.29, 0.717) is 5.92 Å². The molecule has 1 rings (SSSR count). The van der Waals surface area contributed by atoms with Gasteiger partial charge in [0.1, 0.15) is 0 Å². The van der Waals surface area contributed by atoms with Crippen molar-refractivity contribution in [3.05, 3.63) is 22.3 Å². The van der Waals surface area contributed by atoms with Crippen molar-refractivity contribution in [3.63, 3.8) is 0 Å². The highest BCUT2D eigenvalue weighted by molar-refractivity contribution is 5.62. The number of hydrogen-bond acceptors (Lipinski definition) is 1. The van der Waals surface area contributed by atoms with Crippen LogP contribution in [0, 0.1) is 5.92 Å². The van der Waals surface area contributed by atoms with Crippen molar-refractivity contribution in [1.29, 1.82) is 0 Å². The summed E-state index contributed by atoms with van der Waals surface area (Å²) in [6.07, 6.45) is 0. The molecule has 0 aliphatic heterocycles. The molecule has 14 heavy (non-hydrogen) atoms. The third-order valence-electron chi connectivity index (χ3n) is 3.04. The minimum Gasteiger partial charge on any atom is -0.481 e. The smallest absolute Gasteiger partial charge is 0.300 e. The van der Waals surface area contributed by atoms with Crippen LogP contribution >= 0.6 is 0 Å². The third kappa shape index (κ3) is 3.02. The summed E-state index contributed by atoms with van der Waals surface area (Å²) in [5.41, 5.74) is 6.11. The van der Waals surface area contributed by atoms with Crippen LogP contribution in [0.1, 0.15) is 41.5 Å². The first kappa shape index (κ1) is 12.9. The number of carboxylic acids is 1. The van der Waals surface area contributed by atoms with Crippen LogP contribution in [0.25, 0.3) is 0 Å². The first-order chi connectivity index (χ1) is 6.29. The fraction of sp³-hybridized carbons (Fsp3) is 0.583. The molecule has 0 spiro atoms. The van der Waals surface area contributed by atoms with Crippen LogP contribution in [0.2, 0.25) is 0 Å². The van der Waals surface area contributed by atoms with Gasteiger partial charge in [-0.3, -0.25) is 4.79 Å². The zero-order chi connectivity index (χ0) is 11.5. The molecule has 0 aromatic rings. The van der Waals surface area contributed by atoms with Crippen molar-refractivity contribution < 1.29 is 9.90 Å². The van der Waals surface area contributed by atoms with Crippen molar-refractivity contribution >= 4 is 5.97 Å². The number of rotatable bonds is 0. The predicted molar refractivity (Wildman–Crippen MR) is 59.2 cm³/mol. The maximum absolute atomic E-state index is 9.00. The summed E-state index contributed by atoms with van der Waals surface area (Å²) in [7, 11) is 0. The summed E-state index contributed by atoms with van der Waals surface area (Å²) in [4.78, 5) is 9.00. The molecule has 0 heterocycles. The van der Waals surface area contributed by atoms with Gasteiger partial charge in [-0.25, -0.2) is 0 Å². The molecule has 0 atom stereocenters.